The van der Waals surface area contributed by atoms with Crippen molar-refractivity contribution in [2.45, 2.75) is 26.0 Å². The molecule has 25 heavy (non-hydrogen) atoms. The van der Waals surface area contributed by atoms with Crippen LogP contribution in [0, 0.1) is 17.2 Å². The summed E-state index contributed by atoms with van der Waals surface area (Å²) in [6.07, 6.45) is -0.632. The second-order valence-corrected chi connectivity index (χ2v) is 5.32. The van der Waals surface area contributed by atoms with Gasteiger partial charge in [-0.15, -0.1) is 0 Å². The van der Waals surface area contributed by atoms with Crippen LogP contribution in [0.4, 0.5) is 4.79 Å². The monoisotopic (exact) mass is 347 g/mol. The minimum atomic E-state index is -0.950. The number of alkyl carbamates (subject to hydrolysis) is 1. The fourth-order valence-electron chi connectivity index (χ4n) is 1.93. The van der Waals surface area contributed by atoms with Crippen molar-refractivity contribution in [3.8, 4) is 6.07 Å². The largest absolute Gasteiger partial charge is 0.467 e. The first-order chi connectivity index (χ1) is 12.0. The van der Waals surface area contributed by atoms with Crippen molar-refractivity contribution in [3.63, 3.8) is 0 Å². The molecule has 134 valence electrons. The van der Waals surface area contributed by atoms with Gasteiger partial charge in [0.2, 0.25) is 5.91 Å². The summed E-state index contributed by atoms with van der Waals surface area (Å²) >= 11 is 0. The normalized spacial score (nSPS) is 12.2. The van der Waals surface area contributed by atoms with Crippen LogP contribution in [0.2, 0.25) is 0 Å². The molecule has 2 amide bonds. The highest BCUT2D eigenvalue weighted by Crippen LogP contribution is 2.06. The number of amides is 2. The number of nitriles is 1. The van der Waals surface area contributed by atoms with E-state index in [1.807, 2.05) is 24.3 Å². The van der Waals surface area contributed by atoms with Crippen LogP contribution in [0.1, 0.15) is 18.9 Å². The Balaban J connectivity index is 2.39. The van der Waals surface area contributed by atoms with E-state index in [2.05, 4.69) is 15.4 Å². The molecular formula is C17H21N3O5. The maximum Gasteiger partial charge on any atom is 0.407 e. The topological polar surface area (TPSA) is 118 Å². The Hall–Kier alpha value is -3.08. The van der Waals surface area contributed by atoms with Crippen molar-refractivity contribution in [2.75, 3.05) is 13.7 Å². The van der Waals surface area contributed by atoms with Crippen LogP contribution < -0.4 is 10.6 Å². The maximum atomic E-state index is 11.9. The number of ether oxygens (including phenoxy) is 2. The van der Waals surface area contributed by atoms with E-state index in [1.54, 1.807) is 19.1 Å². The molecule has 0 aromatic heterocycles. The lowest BCUT2D eigenvalue weighted by molar-refractivity contribution is -0.145. The van der Waals surface area contributed by atoms with Gasteiger partial charge >= 0.3 is 12.1 Å². The summed E-state index contributed by atoms with van der Waals surface area (Å²) in [5.74, 6) is -1.67. The molecule has 1 aromatic carbocycles. The first-order valence-corrected chi connectivity index (χ1v) is 7.67. The van der Waals surface area contributed by atoms with Crippen molar-refractivity contribution < 1.29 is 23.9 Å². The molecule has 0 aliphatic rings. The first-order valence-electron chi connectivity index (χ1n) is 7.67. The van der Waals surface area contributed by atoms with Crippen molar-refractivity contribution in [2.24, 2.45) is 5.92 Å². The number of carbonyl (C=O) groups is 3. The average molecular weight is 347 g/mol. The van der Waals surface area contributed by atoms with E-state index in [0.717, 1.165) is 5.56 Å². The second-order valence-electron chi connectivity index (χ2n) is 5.32. The molecule has 0 heterocycles. The Bertz CT molecular complexity index is 627. The summed E-state index contributed by atoms with van der Waals surface area (Å²) in [6.45, 7) is 1.35. The third kappa shape index (κ3) is 7.83. The predicted molar refractivity (Wildman–Crippen MR) is 88.0 cm³/mol. The van der Waals surface area contributed by atoms with E-state index in [4.69, 9.17) is 10.00 Å². The number of methoxy groups -OCH3 is 1. The lowest BCUT2D eigenvalue weighted by atomic mass is 10.0. The number of hydrogen-bond acceptors (Lipinski definition) is 6. The smallest absolute Gasteiger partial charge is 0.407 e. The van der Waals surface area contributed by atoms with E-state index >= 15 is 0 Å². The number of rotatable bonds is 8. The van der Waals surface area contributed by atoms with Crippen LogP contribution in [-0.2, 0) is 25.7 Å². The third-order valence-electron chi connectivity index (χ3n) is 3.24. The molecule has 0 bridgehead atoms. The molecule has 0 aliphatic heterocycles. The van der Waals surface area contributed by atoms with Crippen LogP contribution in [0.3, 0.4) is 0 Å². The van der Waals surface area contributed by atoms with Gasteiger partial charge in [-0.25, -0.2) is 9.59 Å². The van der Waals surface area contributed by atoms with Gasteiger partial charge in [0.05, 0.1) is 13.2 Å². The summed E-state index contributed by atoms with van der Waals surface area (Å²) < 4.78 is 9.57. The number of nitrogens with zero attached hydrogens (tertiary/aromatic N) is 1. The summed E-state index contributed by atoms with van der Waals surface area (Å²) in [5.41, 5.74) is 0.818. The van der Waals surface area contributed by atoms with Crippen molar-refractivity contribution >= 4 is 18.0 Å². The van der Waals surface area contributed by atoms with Gasteiger partial charge in [-0.05, 0) is 18.9 Å². The number of hydrogen-bond donors (Lipinski definition) is 2. The molecule has 0 radical (unpaired) electrons. The lowest BCUT2D eigenvalue weighted by Gasteiger charge is -2.17. The first kappa shape index (κ1) is 20.0. The van der Waals surface area contributed by atoms with E-state index in [1.165, 1.54) is 7.11 Å². The summed E-state index contributed by atoms with van der Waals surface area (Å²) in [7, 11) is 1.19. The molecule has 2 N–H and O–H groups in total. The average Bonchev–Trinajstić information content (AvgIpc) is 2.64. The van der Waals surface area contributed by atoms with Crippen LogP contribution >= 0.6 is 0 Å². The van der Waals surface area contributed by atoms with Crippen LogP contribution in [0.15, 0.2) is 30.3 Å². The Morgan fingerprint density at radius 2 is 1.92 bits per heavy atom. The lowest BCUT2D eigenvalue weighted by Crippen LogP contribution is -2.46. The van der Waals surface area contributed by atoms with Crippen LogP contribution in [-0.4, -0.2) is 37.7 Å². The Labute approximate surface area is 146 Å². The highest BCUT2D eigenvalue weighted by molar-refractivity contribution is 5.87. The zero-order chi connectivity index (χ0) is 18.7. The molecule has 8 nitrogen and oxygen atoms in total. The zero-order valence-electron chi connectivity index (χ0n) is 14.2. The third-order valence-corrected chi connectivity index (χ3v) is 3.24. The van der Waals surface area contributed by atoms with Crippen molar-refractivity contribution in [3.05, 3.63) is 35.9 Å². The quantitative estimate of drug-likeness (QED) is 0.681. The van der Waals surface area contributed by atoms with Crippen molar-refractivity contribution in [1.29, 1.82) is 5.26 Å². The molecule has 1 aromatic rings. The van der Waals surface area contributed by atoms with Gasteiger partial charge in [0.25, 0.3) is 0 Å². The Morgan fingerprint density at radius 3 is 2.52 bits per heavy atom. The van der Waals surface area contributed by atoms with Gasteiger partial charge in [0.15, 0.2) is 0 Å². The Kier molecular flexibility index (Phi) is 8.50. The van der Waals surface area contributed by atoms with Gasteiger partial charge in [-0.3, -0.25) is 4.79 Å². The van der Waals surface area contributed by atoms with Gasteiger partial charge in [-0.1, -0.05) is 30.3 Å². The fourth-order valence-corrected chi connectivity index (χ4v) is 1.93. The minimum absolute atomic E-state index is 0.0821. The summed E-state index contributed by atoms with van der Waals surface area (Å²) in [6, 6.07) is 10.1. The number of nitrogens with one attached hydrogen (secondary N) is 2. The zero-order valence-corrected chi connectivity index (χ0v) is 14.2. The van der Waals surface area contributed by atoms with E-state index in [-0.39, 0.29) is 19.6 Å². The minimum Gasteiger partial charge on any atom is -0.467 e. The molecule has 0 fully saturated rings. The highest BCUT2D eigenvalue weighted by Gasteiger charge is 2.24. The van der Waals surface area contributed by atoms with Crippen molar-refractivity contribution in [1.82, 2.24) is 10.6 Å². The summed E-state index contributed by atoms with van der Waals surface area (Å²) in [5, 5.41) is 13.5. The number of esters is 1. The molecule has 2 atom stereocenters. The van der Waals surface area contributed by atoms with E-state index in [0.29, 0.717) is 0 Å². The molecule has 1 rings (SSSR count). The van der Waals surface area contributed by atoms with Gasteiger partial charge in [0, 0.05) is 5.92 Å². The second kappa shape index (κ2) is 10.6. The maximum absolute atomic E-state index is 11.9. The number of benzene rings is 1. The standard InChI is InChI=1S/C17H21N3O5/c1-12(9-18)8-14(16(22)24-2)20-15(21)10-19-17(23)25-11-13-6-4-3-5-7-13/h3-7,12,14H,8,10-11H2,1-2H3,(H,19,23)(H,20,21)/t12-,14-/m0/s1. The molecular weight excluding hydrogens is 326 g/mol. The van der Waals surface area contributed by atoms with Gasteiger partial charge in [-0.2, -0.15) is 5.26 Å². The molecule has 0 saturated carbocycles. The molecule has 0 aliphatic carbocycles. The molecule has 0 unspecified atom stereocenters. The van der Waals surface area contributed by atoms with E-state index < -0.39 is 29.9 Å². The molecule has 0 spiro atoms. The fraction of sp³-hybridized carbons (Fsp3) is 0.412. The van der Waals surface area contributed by atoms with Gasteiger partial charge < -0.3 is 20.1 Å². The SMILES string of the molecule is COC(=O)[C@H](C[C@H](C)C#N)NC(=O)CNC(=O)OCc1ccccc1. The van der Waals surface area contributed by atoms with E-state index in [9.17, 15) is 14.4 Å². The molecule has 8 heteroatoms. The highest BCUT2D eigenvalue weighted by atomic mass is 16.5. The summed E-state index contributed by atoms with van der Waals surface area (Å²) in [4.78, 5) is 35.1. The Morgan fingerprint density at radius 1 is 1.24 bits per heavy atom. The van der Waals surface area contributed by atoms with Crippen LogP contribution in [0.5, 0.6) is 0 Å². The van der Waals surface area contributed by atoms with Crippen LogP contribution in [0.25, 0.3) is 0 Å². The number of carbonyl (C=O) groups excluding carboxylic acids is 3. The predicted octanol–water partition coefficient (Wildman–Crippen LogP) is 1.12. The molecule has 0 saturated heterocycles. The van der Waals surface area contributed by atoms with Gasteiger partial charge in [0.1, 0.15) is 19.2 Å².